The van der Waals surface area contributed by atoms with Gasteiger partial charge in [-0.05, 0) is 24.6 Å². The molecule has 0 saturated heterocycles. The molecule has 0 fully saturated rings. The van der Waals surface area contributed by atoms with Crippen LogP contribution in [0.15, 0.2) is 29.4 Å². The van der Waals surface area contributed by atoms with E-state index in [1.165, 1.54) is 11.8 Å². The van der Waals surface area contributed by atoms with Crippen molar-refractivity contribution in [3.63, 3.8) is 0 Å². The summed E-state index contributed by atoms with van der Waals surface area (Å²) in [5.74, 6) is -0.228. The third-order valence-electron chi connectivity index (χ3n) is 2.78. The van der Waals surface area contributed by atoms with E-state index in [9.17, 15) is 10.1 Å². The largest absolute Gasteiger partial charge is 0.465 e. The second kappa shape index (κ2) is 8.11. The first-order chi connectivity index (χ1) is 11.0. The number of carbonyl (C=O) groups excluding carboxylic acids is 1. The van der Waals surface area contributed by atoms with E-state index in [1.54, 1.807) is 31.2 Å². The van der Waals surface area contributed by atoms with E-state index in [2.05, 4.69) is 16.0 Å². The molecule has 0 bridgehead atoms. The van der Waals surface area contributed by atoms with Crippen molar-refractivity contribution in [3.05, 3.63) is 39.5 Å². The van der Waals surface area contributed by atoms with Crippen molar-refractivity contribution >= 4 is 41.6 Å². The summed E-state index contributed by atoms with van der Waals surface area (Å²) in [5.41, 5.74) is 1.59. The smallest absolute Gasteiger partial charge is 0.316 e. The van der Waals surface area contributed by atoms with Crippen LogP contribution in [0.2, 0.25) is 5.02 Å². The standard InChI is InChI=1S/C15H12ClN3O2S2/c1-2-21-12(20)8-23-15-18-13(11(7-17)14(22)19-15)9-3-5-10(16)6-4-9/h3-6H,2,8H2,1H3,(H,18,19,22). The molecule has 0 aliphatic heterocycles. The molecule has 2 rings (SSSR count). The van der Waals surface area contributed by atoms with Crippen molar-refractivity contribution in [3.8, 4) is 17.3 Å². The SMILES string of the molecule is CCOC(=O)CSc1nc(=S)c(C#N)c(-c2ccc(Cl)cc2)[nH]1. The molecule has 1 heterocycles. The molecule has 0 atom stereocenters. The lowest BCUT2D eigenvalue weighted by Crippen LogP contribution is -2.07. The Bertz CT molecular complexity index is 813. The maximum Gasteiger partial charge on any atom is 0.316 e. The number of hydrogen-bond donors (Lipinski definition) is 1. The molecule has 0 saturated carbocycles. The van der Waals surface area contributed by atoms with Gasteiger partial charge in [0.15, 0.2) is 5.16 Å². The lowest BCUT2D eigenvalue weighted by molar-refractivity contribution is -0.139. The number of nitriles is 1. The van der Waals surface area contributed by atoms with Gasteiger partial charge < -0.3 is 9.72 Å². The highest BCUT2D eigenvalue weighted by molar-refractivity contribution is 7.99. The normalized spacial score (nSPS) is 10.1. The number of rotatable bonds is 5. The second-order valence-corrected chi connectivity index (χ2v) is 6.10. The molecule has 1 N–H and O–H groups in total. The molecule has 23 heavy (non-hydrogen) atoms. The average molecular weight is 366 g/mol. The molecular weight excluding hydrogens is 354 g/mol. The number of aromatic nitrogens is 2. The Morgan fingerprint density at radius 3 is 2.78 bits per heavy atom. The number of esters is 1. The fraction of sp³-hybridized carbons (Fsp3) is 0.200. The quantitative estimate of drug-likeness (QED) is 0.373. The topological polar surface area (TPSA) is 78.8 Å². The van der Waals surface area contributed by atoms with Gasteiger partial charge in [0.05, 0.1) is 18.1 Å². The van der Waals surface area contributed by atoms with Crippen LogP contribution >= 0.6 is 35.6 Å². The van der Waals surface area contributed by atoms with Crippen molar-refractivity contribution in [2.75, 3.05) is 12.4 Å². The maximum absolute atomic E-state index is 11.4. The van der Waals surface area contributed by atoms with Crippen molar-refractivity contribution < 1.29 is 9.53 Å². The summed E-state index contributed by atoms with van der Waals surface area (Å²) in [7, 11) is 0. The average Bonchev–Trinajstić information content (AvgIpc) is 2.53. The van der Waals surface area contributed by atoms with E-state index in [0.29, 0.717) is 22.5 Å². The van der Waals surface area contributed by atoms with Crippen molar-refractivity contribution in [2.45, 2.75) is 12.1 Å². The van der Waals surface area contributed by atoms with Gasteiger partial charge in [0, 0.05) is 5.02 Å². The van der Waals surface area contributed by atoms with Crippen LogP contribution in [0.3, 0.4) is 0 Å². The van der Waals surface area contributed by atoms with Gasteiger partial charge in [-0.3, -0.25) is 4.79 Å². The van der Waals surface area contributed by atoms with E-state index in [0.717, 1.165) is 5.56 Å². The molecule has 1 aromatic heterocycles. The number of ether oxygens (including phenoxy) is 1. The molecule has 2 aromatic rings. The highest BCUT2D eigenvalue weighted by Gasteiger charge is 2.12. The van der Waals surface area contributed by atoms with E-state index in [4.69, 9.17) is 28.6 Å². The first-order valence-electron chi connectivity index (χ1n) is 6.64. The van der Waals surface area contributed by atoms with Gasteiger partial charge in [0.1, 0.15) is 16.3 Å². The number of aromatic amines is 1. The van der Waals surface area contributed by atoms with Crippen molar-refractivity contribution in [2.24, 2.45) is 0 Å². The van der Waals surface area contributed by atoms with Gasteiger partial charge in [-0.25, -0.2) is 4.98 Å². The zero-order valence-electron chi connectivity index (χ0n) is 12.1. The number of halogens is 1. The van der Waals surface area contributed by atoms with E-state index in [1.807, 2.05) is 0 Å². The molecule has 0 radical (unpaired) electrons. The monoisotopic (exact) mass is 365 g/mol. The van der Waals surface area contributed by atoms with E-state index >= 15 is 0 Å². The number of nitrogens with zero attached hydrogens (tertiary/aromatic N) is 2. The number of nitrogens with one attached hydrogen (secondary N) is 1. The van der Waals surface area contributed by atoms with Crippen LogP contribution in [-0.2, 0) is 9.53 Å². The van der Waals surface area contributed by atoms with Crippen molar-refractivity contribution in [1.82, 2.24) is 9.97 Å². The van der Waals surface area contributed by atoms with E-state index < -0.39 is 0 Å². The highest BCUT2D eigenvalue weighted by Crippen LogP contribution is 2.26. The molecule has 0 amide bonds. The third kappa shape index (κ3) is 4.55. The van der Waals surface area contributed by atoms with Crippen molar-refractivity contribution in [1.29, 1.82) is 5.26 Å². The van der Waals surface area contributed by atoms with Crippen LogP contribution in [0.1, 0.15) is 12.5 Å². The predicted octanol–water partition coefficient (Wildman–Crippen LogP) is 3.99. The Hall–Kier alpha value is -1.88. The lowest BCUT2D eigenvalue weighted by Gasteiger charge is -2.08. The summed E-state index contributed by atoms with van der Waals surface area (Å²) in [6.07, 6.45) is 0. The predicted molar refractivity (Wildman–Crippen MR) is 91.9 cm³/mol. The fourth-order valence-electron chi connectivity index (χ4n) is 1.79. The summed E-state index contributed by atoms with van der Waals surface area (Å²) in [4.78, 5) is 18.6. The number of carbonyl (C=O) groups is 1. The molecule has 0 aliphatic carbocycles. The van der Waals surface area contributed by atoms with Gasteiger partial charge in [-0.1, -0.05) is 47.7 Å². The molecule has 0 spiro atoms. The van der Waals surface area contributed by atoms with Gasteiger partial charge in [0.2, 0.25) is 0 Å². The zero-order chi connectivity index (χ0) is 16.8. The Morgan fingerprint density at radius 2 is 2.17 bits per heavy atom. The first kappa shape index (κ1) is 17.5. The van der Waals surface area contributed by atoms with Gasteiger partial charge >= 0.3 is 5.97 Å². The van der Waals surface area contributed by atoms with Crippen LogP contribution in [-0.4, -0.2) is 28.3 Å². The van der Waals surface area contributed by atoms with Crippen LogP contribution in [0.5, 0.6) is 0 Å². The lowest BCUT2D eigenvalue weighted by atomic mass is 10.1. The third-order valence-corrected chi connectivity index (χ3v) is 4.17. The van der Waals surface area contributed by atoms with Crippen LogP contribution in [0, 0.1) is 16.0 Å². The molecule has 5 nitrogen and oxygen atoms in total. The fourth-order valence-corrected chi connectivity index (χ4v) is 2.88. The summed E-state index contributed by atoms with van der Waals surface area (Å²) in [6.45, 7) is 2.07. The molecular formula is C15H12ClN3O2S2. The number of H-pyrrole nitrogens is 1. The molecule has 0 unspecified atom stereocenters. The Labute approximate surface area is 147 Å². The van der Waals surface area contributed by atoms with Gasteiger partial charge in [-0.2, -0.15) is 5.26 Å². The molecule has 8 heteroatoms. The summed E-state index contributed by atoms with van der Waals surface area (Å²) in [5, 5.41) is 10.4. The van der Waals surface area contributed by atoms with Crippen LogP contribution < -0.4 is 0 Å². The highest BCUT2D eigenvalue weighted by atomic mass is 35.5. The van der Waals surface area contributed by atoms with E-state index in [-0.39, 0.29) is 21.9 Å². The zero-order valence-corrected chi connectivity index (χ0v) is 14.5. The molecule has 118 valence electrons. The second-order valence-electron chi connectivity index (χ2n) is 4.31. The van der Waals surface area contributed by atoms with Gasteiger partial charge in [-0.15, -0.1) is 0 Å². The Kier molecular flexibility index (Phi) is 6.16. The number of benzene rings is 1. The summed E-state index contributed by atoms with van der Waals surface area (Å²) in [6, 6.07) is 9.07. The molecule has 1 aromatic carbocycles. The Balaban J connectivity index is 2.37. The maximum atomic E-state index is 11.4. The minimum absolute atomic E-state index is 0.109. The molecule has 0 aliphatic rings. The number of thioether (sulfide) groups is 1. The minimum Gasteiger partial charge on any atom is -0.465 e. The van der Waals surface area contributed by atoms with Crippen LogP contribution in [0.4, 0.5) is 0 Å². The Morgan fingerprint density at radius 1 is 1.48 bits per heavy atom. The summed E-state index contributed by atoms with van der Waals surface area (Å²) >= 11 is 12.2. The van der Waals surface area contributed by atoms with Gasteiger partial charge in [0.25, 0.3) is 0 Å². The minimum atomic E-state index is -0.337. The summed E-state index contributed by atoms with van der Waals surface area (Å²) < 4.78 is 5.06. The van der Waals surface area contributed by atoms with Crippen LogP contribution in [0.25, 0.3) is 11.3 Å². The number of hydrogen-bond acceptors (Lipinski definition) is 6. The first-order valence-corrected chi connectivity index (χ1v) is 8.41.